The Kier molecular flexibility index (Phi) is 4.84. The van der Waals surface area contributed by atoms with E-state index in [0.717, 1.165) is 23.0 Å². The van der Waals surface area contributed by atoms with Gasteiger partial charge in [0.05, 0.1) is 6.20 Å². The summed E-state index contributed by atoms with van der Waals surface area (Å²) in [6.45, 7) is 3.85. The second-order valence-electron chi connectivity index (χ2n) is 5.84. The first-order chi connectivity index (χ1) is 11.8. The molecule has 1 saturated carbocycles. The fourth-order valence-corrected chi connectivity index (χ4v) is 2.79. The first kappa shape index (κ1) is 16.1. The first-order valence-corrected chi connectivity index (χ1v) is 8.26. The van der Waals surface area contributed by atoms with Gasteiger partial charge in [0, 0.05) is 31.4 Å². The Bertz CT molecular complexity index is 782. The van der Waals surface area contributed by atoms with Gasteiger partial charge in [0.1, 0.15) is 11.6 Å². The number of aromatic nitrogens is 3. The summed E-state index contributed by atoms with van der Waals surface area (Å²) in [7, 11) is 3.75. The van der Waals surface area contributed by atoms with Gasteiger partial charge in [-0.2, -0.15) is 9.61 Å². The lowest BCUT2D eigenvalue weighted by Gasteiger charge is -2.24. The molecular formula is C18H24N6. The molecule has 126 valence electrons. The molecule has 0 bridgehead atoms. The Morgan fingerprint density at radius 1 is 1.38 bits per heavy atom. The number of hydrogen-bond acceptors (Lipinski definition) is 5. The van der Waals surface area contributed by atoms with E-state index in [2.05, 4.69) is 27.6 Å². The van der Waals surface area contributed by atoms with Crippen LogP contribution >= 0.6 is 0 Å². The molecule has 2 heterocycles. The van der Waals surface area contributed by atoms with E-state index >= 15 is 0 Å². The monoisotopic (exact) mass is 324 g/mol. The molecule has 6 heteroatoms. The molecule has 1 fully saturated rings. The van der Waals surface area contributed by atoms with Crippen LogP contribution in [0.1, 0.15) is 30.7 Å². The van der Waals surface area contributed by atoms with Gasteiger partial charge in [-0.05, 0) is 43.2 Å². The number of allylic oxidation sites excluding steroid dienone is 3. The van der Waals surface area contributed by atoms with Crippen molar-refractivity contribution in [3.05, 3.63) is 54.5 Å². The smallest absolute Gasteiger partial charge is 0.163 e. The average Bonchev–Trinajstić information content (AvgIpc) is 2.95. The lowest BCUT2D eigenvalue weighted by Crippen LogP contribution is -2.10. The Morgan fingerprint density at radius 3 is 2.83 bits per heavy atom. The number of rotatable bonds is 7. The molecule has 3 rings (SSSR count). The number of nitrogens with zero attached hydrogens (tertiary/aromatic N) is 3. The molecule has 0 aliphatic heterocycles. The molecule has 0 spiro atoms. The van der Waals surface area contributed by atoms with Crippen LogP contribution in [0.4, 0.5) is 11.6 Å². The summed E-state index contributed by atoms with van der Waals surface area (Å²) in [5, 5.41) is 14.0. The van der Waals surface area contributed by atoms with E-state index in [0.29, 0.717) is 5.92 Å². The minimum absolute atomic E-state index is 0.586. The summed E-state index contributed by atoms with van der Waals surface area (Å²) in [6.07, 6.45) is 13.2. The third-order valence-electron chi connectivity index (χ3n) is 4.33. The van der Waals surface area contributed by atoms with Crippen LogP contribution in [0.2, 0.25) is 0 Å². The summed E-state index contributed by atoms with van der Waals surface area (Å²) in [4.78, 5) is 4.78. The molecule has 2 aromatic heterocycles. The molecule has 0 amide bonds. The van der Waals surface area contributed by atoms with Gasteiger partial charge in [0.25, 0.3) is 0 Å². The average molecular weight is 324 g/mol. The Balaban J connectivity index is 1.96. The first-order valence-electron chi connectivity index (χ1n) is 8.26. The molecule has 0 saturated heterocycles. The van der Waals surface area contributed by atoms with Crippen LogP contribution in [0, 0.1) is 0 Å². The van der Waals surface area contributed by atoms with E-state index in [1.807, 2.05) is 49.2 Å². The maximum Gasteiger partial charge on any atom is 0.163 e. The fourth-order valence-electron chi connectivity index (χ4n) is 2.79. The second-order valence-corrected chi connectivity index (χ2v) is 5.84. The van der Waals surface area contributed by atoms with Crippen LogP contribution in [0.5, 0.6) is 0 Å². The standard InChI is InChI=1S/C18H24N6/c1-4-14(9-6-10-19-2)22-16-11-17(20-3)24-18(23-16)15(12-21-24)13-7-5-8-13/h4,6,9-13,19-20H,1,5,7-8H2,2-3H3,(H,22,23)/b10-6-,14-9+. The van der Waals surface area contributed by atoms with Crippen molar-refractivity contribution >= 4 is 17.3 Å². The Labute approximate surface area is 142 Å². The third-order valence-corrected chi connectivity index (χ3v) is 4.33. The summed E-state index contributed by atoms with van der Waals surface area (Å²) in [5.74, 6) is 2.27. The lowest BCUT2D eigenvalue weighted by atomic mass is 9.81. The Morgan fingerprint density at radius 2 is 2.21 bits per heavy atom. The SMILES string of the molecule is C=C/C(=C\C=C/NC)Nc1cc(NC)n2ncc(C3CCC3)c2n1. The summed E-state index contributed by atoms with van der Waals surface area (Å²) < 4.78 is 1.87. The van der Waals surface area contributed by atoms with Crippen LogP contribution in [-0.4, -0.2) is 28.7 Å². The van der Waals surface area contributed by atoms with Crippen molar-refractivity contribution in [1.82, 2.24) is 19.9 Å². The van der Waals surface area contributed by atoms with Crippen LogP contribution in [-0.2, 0) is 0 Å². The fraction of sp³-hybridized carbons (Fsp3) is 0.333. The molecular weight excluding hydrogens is 300 g/mol. The third kappa shape index (κ3) is 3.13. The molecule has 1 aliphatic carbocycles. The molecule has 24 heavy (non-hydrogen) atoms. The van der Waals surface area contributed by atoms with Gasteiger partial charge < -0.3 is 16.0 Å². The van der Waals surface area contributed by atoms with E-state index in [1.165, 1.54) is 24.8 Å². The van der Waals surface area contributed by atoms with Gasteiger partial charge in [0.15, 0.2) is 5.65 Å². The number of hydrogen-bond donors (Lipinski definition) is 3. The summed E-state index contributed by atoms with van der Waals surface area (Å²) >= 11 is 0. The predicted octanol–water partition coefficient (Wildman–Crippen LogP) is 3.25. The molecule has 0 atom stereocenters. The van der Waals surface area contributed by atoms with Crippen molar-refractivity contribution in [1.29, 1.82) is 0 Å². The van der Waals surface area contributed by atoms with Gasteiger partial charge in [-0.3, -0.25) is 0 Å². The highest BCUT2D eigenvalue weighted by Gasteiger charge is 2.24. The van der Waals surface area contributed by atoms with Crippen molar-refractivity contribution < 1.29 is 0 Å². The van der Waals surface area contributed by atoms with Crippen molar-refractivity contribution in [2.24, 2.45) is 0 Å². The van der Waals surface area contributed by atoms with Crippen molar-refractivity contribution in [2.75, 3.05) is 24.7 Å². The van der Waals surface area contributed by atoms with E-state index in [1.54, 1.807) is 6.08 Å². The zero-order valence-electron chi connectivity index (χ0n) is 14.2. The Hall–Kier alpha value is -2.76. The van der Waals surface area contributed by atoms with Crippen LogP contribution < -0.4 is 16.0 Å². The van der Waals surface area contributed by atoms with Gasteiger partial charge in [-0.25, -0.2) is 4.98 Å². The molecule has 0 aromatic carbocycles. The molecule has 3 N–H and O–H groups in total. The van der Waals surface area contributed by atoms with Gasteiger partial charge >= 0.3 is 0 Å². The van der Waals surface area contributed by atoms with Crippen LogP contribution in [0.3, 0.4) is 0 Å². The van der Waals surface area contributed by atoms with Crippen molar-refractivity contribution in [3.63, 3.8) is 0 Å². The highest BCUT2D eigenvalue weighted by Crippen LogP contribution is 2.38. The quantitative estimate of drug-likeness (QED) is 0.682. The molecule has 6 nitrogen and oxygen atoms in total. The maximum atomic E-state index is 4.78. The number of nitrogens with one attached hydrogen (secondary N) is 3. The predicted molar refractivity (Wildman–Crippen MR) is 99.2 cm³/mol. The highest BCUT2D eigenvalue weighted by atomic mass is 15.3. The number of anilines is 2. The van der Waals surface area contributed by atoms with Crippen LogP contribution in [0.25, 0.3) is 5.65 Å². The largest absolute Gasteiger partial charge is 0.394 e. The number of fused-ring (bicyclic) bond motifs is 1. The van der Waals surface area contributed by atoms with E-state index < -0.39 is 0 Å². The zero-order chi connectivity index (χ0) is 16.9. The highest BCUT2D eigenvalue weighted by molar-refractivity contribution is 5.62. The lowest BCUT2D eigenvalue weighted by molar-refractivity contribution is 0.421. The van der Waals surface area contributed by atoms with Gasteiger partial charge in [-0.1, -0.05) is 13.0 Å². The van der Waals surface area contributed by atoms with E-state index in [4.69, 9.17) is 4.98 Å². The maximum absolute atomic E-state index is 4.78. The zero-order valence-corrected chi connectivity index (χ0v) is 14.2. The molecule has 2 aromatic rings. The van der Waals surface area contributed by atoms with E-state index in [9.17, 15) is 0 Å². The minimum Gasteiger partial charge on any atom is -0.394 e. The van der Waals surface area contributed by atoms with Crippen LogP contribution in [0.15, 0.2) is 49.0 Å². The topological polar surface area (TPSA) is 66.3 Å². The molecule has 1 aliphatic rings. The summed E-state index contributed by atoms with van der Waals surface area (Å²) in [5.41, 5.74) is 3.04. The van der Waals surface area contributed by atoms with Gasteiger partial charge in [-0.15, -0.1) is 0 Å². The normalized spacial score (nSPS) is 15.5. The molecule has 0 radical (unpaired) electrons. The summed E-state index contributed by atoms with van der Waals surface area (Å²) in [6, 6.07) is 1.95. The molecule has 0 unspecified atom stereocenters. The van der Waals surface area contributed by atoms with E-state index in [-0.39, 0.29) is 0 Å². The van der Waals surface area contributed by atoms with Gasteiger partial charge in [0.2, 0.25) is 0 Å². The van der Waals surface area contributed by atoms with Crippen molar-refractivity contribution in [2.45, 2.75) is 25.2 Å². The van der Waals surface area contributed by atoms with Crippen molar-refractivity contribution in [3.8, 4) is 0 Å². The second kappa shape index (κ2) is 7.21. The minimum atomic E-state index is 0.586.